The van der Waals surface area contributed by atoms with E-state index in [1.807, 2.05) is 47.8 Å². The van der Waals surface area contributed by atoms with Gasteiger partial charge in [-0.2, -0.15) is 4.98 Å². The largest absolute Gasteiger partial charge is 0.459 e. The molecule has 152 valence electrons. The van der Waals surface area contributed by atoms with E-state index >= 15 is 0 Å². The number of esters is 1. The number of oxazole rings is 1. The number of fused-ring (bicyclic) bond motifs is 1. The molecule has 8 heteroatoms. The molecule has 0 unspecified atom stereocenters. The van der Waals surface area contributed by atoms with Gasteiger partial charge in [-0.15, -0.1) is 11.3 Å². The molecule has 7 nitrogen and oxygen atoms in total. The number of thiazole rings is 1. The molecule has 1 fully saturated rings. The fraction of sp³-hybridized carbons (Fsp3) is 0.273. The Balaban J connectivity index is 1.14. The predicted molar refractivity (Wildman–Crippen MR) is 114 cm³/mol. The van der Waals surface area contributed by atoms with Gasteiger partial charge in [0.1, 0.15) is 17.1 Å². The molecule has 3 aromatic heterocycles. The molecular weight excluding hydrogens is 400 g/mol. The summed E-state index contributed by atoms with van der Waals surface area (Å²) < 4.78 is 11.4. The number of benzene rings is 1. The molecular formula is C22H20N4O3S. The zero-order chi connectivity index (χ0) is 20.3. The molecule has 4 aromatic rings. The summed E-state index contributed by atoms with van der Waals surface area (Å²) in [7, 11) is 0. The van der Waals surface area contributed by atoms with Crippen LogP contribution in [0.4, 0.5) is 6.01 Å². The highest BCUT2D eigenvalue weighted by molar-refractivity contribution is 7.13. The van der Waals surface area contributed by atoms with Gasteiger partial charge in [-0.3, -0.25) is 9.78 Å². The van der Waals surface area contributed by atoms with Crippen LogP contribution in [-0.2, 0) is 16.1 Å². The molecule has 1 aliphatic heterocycles. The zero-order valence-corrected chi connectivity index (χ0v) is 17.0. The molecule has 30 heavy (non-hydrogen) atoms. The molecule has 1 saturated heterocycles. The molecule has 0 amide bonds. The maximum atomic E-state index is 12.5. The topological polar surface area (TPSA) is 81.4 Å². The van der Waals surface area contributed by atoms with E-state index in [0.717, 1.165) is 27.5 Å². The Labute approximate surface area is 177 Å². The zero-order valence-electron chi connectivity index (χ0n) is 16.2. The van der Waals surface area contributed by atoms with E-state index in [1.165, 1.54) is 11.3 Å². The number of carbonyl (C=O) groups excluding carboxylic acids is 1. The highest BCUT2D eigenvalue weighted by Crippen LogP contribution is 2.27. The van der Waals surface area contributed by atoms with E-state index in [4.69, 9.17) is 9.15 Å². The summed E-state index contributed by atoms with van der Waals surface area (Å²) in [5, 5.41) is 2.74. The van der Waals surface area contributed by atoms with Gasteiger partial charge in [0, 0.05) is 24.7 Å². The van der Waals surface area contributed by atoms with Crippen LogP contribution in [0.3, 0.4) is 0 Å². The molecule has 0 N–H and O–H groups in total. The van der Waals surface area contributed by atoms with Crippen molar-refractivity contribution < 1.29 is 13.9 Å². The van der Waals surface area contributed by atoms with E-state index in [-0.39, 0.29) is 18.5 Å². The molecule has 1 aromatic carbocycles. The lowest BCUT2D eigenvalue weighted by molar-refractivity contribution is -0.150. The highest BCUT2D eigenvalue weighted by atomic mass is 32.1. The number of hydrogen-bond acceptors (Lipinski definition) is 8. The number of aromatic nitrogens is 3. The minimum Gasteiger partial charge on any atom is -0.459 e. The molecule has 4 heterocycles. The SMILES string of the molecule is O=C(OCc1csc(-c2ccccn2)n1)C1CCN(c2nc3ccccc3o2)CC1. The third kappa shape index (κ3) is 3.91. The van der Waals surface area contributed by atoms with Crippen molar-refractivity contribution in [2.75, 3.05) is 18.0 Å². The van der Waals surface area contributed by atoms with Crippen molar-refractivity contribution >= 4 is 34.4 Å². The molecule has 0 spiro atoms. The Kier molecular flexibility index (Phi) is 5.15. The average Bonchev–Trinajstić information content (AvgIpc) is 3.45. The average molecular weight is 420 g/mol. The number of carbonyl (C=O) groups is 1. The van der Waals surface area contributed by atoms with Crippen LogP contribution < -0.4 is 4.90 Å². The molecule has 0 aliphatic carbocycles. The molecule has 0 atom stereocenters. The van der Waals surface area contributed by atoms with E-state index in [2.05, 4.69) is 19.9 Å². The van der Waals surface area contributed by atoms with Crippen LogP contribution >= 0.6 is 11.3 Å². The number of pyridine rings is 1. The predicted octanol–water partition coefficient (Wildman–Crippen LogP) is 4.31. The minimum atomic E-state index is -0.167. The Morgan fingerprint density at radius 1 is 1.13 bits per heavy atom. The van der Waals surface area contributed by atoms with Crippen molar-refractivity contribution in [3.05, 3.63) is 59.7 Å². The summed E-state index contributed by atoms with van der Waals surface area (Å²) in [6, 6.07) is 14.1. The first-order chi connectivity index (χ1) is 14.8. The summed E-state index contributed by atoms with van der Waals surface area (Å²) in [6.45, 7) is 1.62. The summed E-state index contributed by atoms with van der Waals surface area (Å²) in [5.74, 6) is -0.279. The molecule has 0 saturated carbocycles. The Morgan fingerprint density at radius 2 is 1.97 bits per heavy atom. The molecule has 0 bridgehead atoms. The van der Waals surface area contributed by atoms with Crippen molar-refractivity contribution in [1.29, 1.82) is 0 Å². The van der Waals surface area contributed by atoms with E-state index < -0.39 is 0 Å². The van der Waals surface area contributed by atoms with Crippen molar-refractivity contribution in [3.63, 3.8) is 0 Å². The quantitative estimate of drug-likeness (QED) is 0.445. The van der Waals surface area contributed by atoms with Crippen LogP contribution in [0.5, 0.6) is 0 Å². The molecule has 5 rings (SSSR count). The Morgan fingerprint density at radius 3 is 2.77 bits per heavy atom. The summed E-state index contributed by atoms with van der Waals surface area (Å²) in [5.41, 5.74) is 3.20. The van der Waals surface area contributed by atoms with Crippen molar-refractivity contribution in [3.8, 4) is 10.7 Å². The molecule has 0 radical (unpaired) electrons. The smallest absolute Gasteiger partial charge is 0.309 e. The standard InChI is InChI=1S/C22H20N4O3S/c27-21(28-13-16-14-30-20(24-16)18-6-3-4-10-23-18)15-8-11-26(12-9-15)22-25-17-5-1-2-7-19(17)29-22/h1-7,10,14-15H,8-9,11-13H2. The van der Waals surface area contributed by atoms with Gasteiger partial charge < -0.3 is 14.1 Å². The number of anilines is 1. The van der Waals surface area contributed by atoms with Crippen molar-refractivity contribution in [1.82, 2.24) is 15.0 Å². The van der Waals surface area contributed by atoms with Crippen molar-refractivity contribution in [2.24, 2.45) is 5.92 Å². The second-order valence-electron chi connectivity index (χ2n) is 7.19. The molecule has 1 aliphatic rings. The van der Waals surface area contributed by atoms with Crippen molar-refractivity contribution in [2.45, 2.75) is 19.4 Å². The van der Waals surface area contributed by atoms with Gasteiger partial charge in [0.25, 0.3) is 6.01 Å². The van der Waals surface area contributed by atoms with E-state index in [9.17, 15) is 4.79 Å². The van der Waals surface area contributed by atoms with Gasteiger partial charge in [-0.25, -0.2) is 4.98 Å². The van der Waals surface area contributed by atoms with Crippen LogP contribution in [0, 0.1) is 5.92 Å². The van der Waals surface area contributed by atoms with Crippen LogP contribution in [0.25, 0.3) is 21.8 Å². The van der Waals surface area contributed by atoms with Crippen LogP contribution in [0.2, 0.25) is 0 Å². The maximum absolute atomic E-state index is 12.5. The lowest BCUT2D eigenvalue weighted by Gasteiger charge is -2.29. The third-order valence-corrected chi connectivity index (χ3v) is 6.09. The first-order valence-corrected chi connectivity index (χ1v) is 10.8. The van der Waals surface area contributed by atoms with Gasteiger partial charge in [-0.05, 0) is 37.1 Å². The normalized spacial score (nSPS) is 14.9. The van der Waals surface area contributed by atoms with Gasteiger partial charge in [-0.1, -0.05) is 18.2 Å². The second-order valence-corrected chi connectivity index (χ2v) is 8.05. The summed E-state index contributed by atoms with van der Waals surface area (Å²) in [4.78, 5) is 28.0. The first kappa shape index (κ1) is 18.7. The number of para-hydroxylation sites is 2. The van der Waals surface area contributed by atoms with Gasteiger partial charge in [0.15, 0.2) is 5.58 Å². The van der Waals surface area contributed by atoms with Gasteiger partial charge in [0.05, 0.1) is 17.3 Å². The lowest BCUT2D eigenvalue weighted by Crippen LogP contribution is -2.37. The Hall–Kier alpha value is -3.26. The lowest BCUT2D eigenvalue weighted by atomic mass is 9.97. The van der Waals surface area contributed by atoms with Crippen LogP contribution in [-0.4, -0.2) is 34.0 Å². The number of piperidine rings is 1. The second kappa shape index (κ2) is 8.23. The fourth-order valence-electron chi connectivity index (χ4n) is 3.54. The van der Waals surface area contributed by atoms with Crippen LogP contribution in [0.15, 0.2) is 58.5 Å². The number of nitrogens with zero attached hydrogens (tertiary/aromatic N) is 4. The van der Waals surface area contributed by atoms with Gasteiger partial charge in [0.2, 0.25) is 0 Å². The van der Waals surface area contributed by atoms with E-state index in [0.29, 0.717) is 31.9 Å². The third-order valence-electron chi connectivity index (χ3n) is 5.18. The number of rotatable bonds is 5. The summed E-state index contributed by atoms with van der Waals surface area (Å²) >= 11 is 1.50. The number of hydrogen-bond donors (Lipinski definition) is 0. The maximum Gasteiger partial charge on any atom is 0.309 e. The van der Waals surface area contributed by atoms with Crippen LogP contribution in [0.1, 0.15) is 18.5 Å². The Bertz CT molecular complexity index is 1120. The number of ether oxygens (including phenoxy) is 1. The summed E-state index contributed by atoms with van der Waals surface area (Å²) in [6.07, 6.45) is 3.17. The first-order valence-electron chi connectivity index (χ1n) is 9.89. The minimum absolute atomic E-state index is 0.112. The van der Waals surface area contributed by atoms with E-state index in [1.54, 1.807) is 6.20 Å². The van der Waals surface area contributed by atoms with Gasteiger partial charge >= 0.3 is 5.97 Å². The monoisotopic (exact) mass is 420 g/mol. The fourth-order valence-corrected chi connectivity index (χ4v) is 4.32. The highest BCUT2D eigenvalue weighted by Gasteiger charge is 2.28.